The summed E-state index contributed by atoms with van der Waals surface area (Å²) in [7, 11) is 0. The Kier molecular flexibility index (Phi) is 7.13. The standard InChI is InChI=1S/C23H26N4O/c1-2-3-7-15-25-22(28)13-12-21-18-27(17-19-9-5-4-6-10-19)26-23(21)20-11-8-14-24-16-20/h4-6,8-14,16,18H,2-3,7,15,17H2,1H3,(H,25,28)/b13-12+. The molecule has 0 fully saturated rings. The van der Waals surface area contributed by atoms with Crippen molar-refractivity contribution in [2.45, 2.75) is 32.7 Å². The van der Waals surface area contributed by atoms with Crippen molar-refractivity contribution in [3.63, 3.8) is 0 Å². The van der Waals surface area contributed by atoms with Gasteiger partial charge in [0.15, 0.2) is 0 Å². The van der Waals surface area contributed by atoms with Gasteiger partial charge in [-0.1, -0.05) is 50.1 Å². The van der Waals surface area contributed by atoms with E-state index in [0.29, 0.717) is 13.1 Å². The molecule has 0 radical (unpaired) electrons. The lowest BCUT2D eigenvalue weighted by atomic mass is 10.1. The third-order valence-corrected chi connectivity index (χ3v) is 4.41. The number of carbonyl (C=O) groups is 1. The molecule has 0 unspecified atom stereocenters. The van der Waals surface area contributed by atoms with E-state index in [9.17, 15) is 4.79 Å². The molecular formula is C23H26N4O. The summed E-state index contributed by atoms with van der Waals surface area (Å²) in [5.41, 5.74) is 3.82. The summed E-state index contributed by atoms with van der Waals surface area (Å²) in [4.78, 5) is 16.3. The van der Waals surface area contributed by atoms with Gasteiger partial charge in [-0.05, 0) is 30.2 Å². The maximum atomic E-state index is 12.1. The summed E-state index contributed by atoms with van der Waals surface area (Å²) in [5.74, 6) is -0.0796. The van der Waals surface area contributed by atoms with Crippen LogP contribution in [0, 0.1) is 0 Å². The Morgan fingerprint density at radius 2 is 2.00 bits per heavy atom. The second-order valence-electron chi connectivity index (χ2n) is 6.69. The Labute approximate surface area is 166 Å². The van der Waals surface area contributed by atoms with Crippen LogP contribution in [0.3, 0.4) is 0 Å². The van der Waals surface area contributed by atoms with Crippen LogP contribution in [0.2, 0.25) is 0 Å². The van der Waals surface area contributed by atoms with Crippen LogP contribution in [-0.4, -0.2) is 27.2 Å². The number of nitrogens with one attached hydrogen (secondary N) is 1. The highest BCUT2D eigenvalue weighted by atomic mass is 16.1. The number of hydrogen-bond acceptors (Lipinski definition) is 3. The van der Waals surface area contributed by atoms with E-state index in [1.54, 1.807) is 18.5 Å². The maximum Gasteiger partial charge on any atom is 0.244 e. The number of benzene rings is 1. The predicted molar refractivity (Wildman–Crippen MR) is 113 cm³/mol. The molecule has 0 aliphatic heterocycles. The van der Waals surface area contributed by atoms with Gasteiger partial charge >= 0.3 is 0 Å². The van der Waals surface area contributed by atoms with Gasteiger partial charge in [0.1, 0.15) is 5.69 Å². The molecule has 144 valence electrons. The first-order chi connectivity index (χ1) is 13.8. The SMILES string of the molecule is CCCCCNC(=O)/C=C/c1cn(Cc2ccccc2)nc1-c1cccnc1. The van der Waals surface area contributed by atoms with E-state index in [4.69, 9.17) is 5.10 Å². The number of hydrogen-bond donors (Lipinski definition) is 1. The summed E-state index contributed by atoms with van der Waals surface area (Å²) in [6.45, 7) is 3.53. The quantitative estimate of drug-likeness (QED) is 0.448. The minimum Gasteiger partial charge on any atom is -0.353 e. The number of rotatable bonds is 9. The van der Waals surface area contributed by atoms with E-state index in [2.05, 4.69) is 29.4 Å². The molecule has 1 aromatic carbocycles. The average molecular weight is 374 g/mol. The number of unbranched alkanes of at least 4 members (excludes halogenated alkanes) is 2. The van der Waals surface area contributed by atoms with Crippen LogP contribution in [0.1, 0.15) is 37.3 Å². The summed E-state index contributed by atoms with van der Waals surface area (Å²) >= 11 is 0. The molecule has 0 spiro atoms. The Morgan fingerprint density at radius 1 is 1.14 bits per heavy atom. The van der Waals surface area contributed by atoms with Gasteiger partial charge in [0.2, 0.25) is 5.91 Å². The lowest BCUT2D eigenvalue weighted by Crippen LogP contribution is -2.21. The second-order valence-corrected chi connectivity index (χ2v) is 6.69. The Hall–Kier alpha value is -3.21. The summed E-state index contributed by atoms with van der Waals surface area (Å²) in [6.07, 6.45) is 12.2. The fourth-order valence-electron chi connectivity index (χ4n) is 2.95. The van der Waals surface area contributed by atoms with Gasteiger partial charge in [0.05, 0.1) is 6.54 Å². The van der Waals surface area contributed by atoms with Crippen molar-refractivity contribution >= 4 is 12.0 Å². The lowest BCUT2D eigenvalue weighted by Gasteiger charge is -2.01. The smallest absolute Gasteiger partial charge is 0.244 e. The number of aromatic nitrogens is 3. The van der Waals surface area contributed by atoms with Crippen molar-refractivity contribution in [1.29, 1.82) is 0 Å². The molecule has 1 N–H and O–H groups in total. The highest BCUT2D eigenvalue weighted by molar-refractivity contribution is 5.92. The largest absolute Gasteiger partial charge is 0.353 e. The Bertz CT molecular complexity index is 901. The van der Waals surface area contributed by atoms with E-state index in [1.807, 2.05) is 47.3 Å². The van der Waals surface area contributed by atoms with Crippen LogP contribution in [0.4, 0.5) is 0 Å². The molecule has 3 aromatic rings. The zero-order valence-electron chi connectivity index (χ0n) is 16.2. The Balaban J connectivity index is 1.78. The van der Waals surface area contributed by atoms with E-state index in [1.165, 1.54) is 5.56 Å². The molecule has 0 saturated carbocycles. The van der Waals surface area contributed by atoms with Crippen molar-refractivity contribution in [2.75, 3.05) is 6.54 Å². The lowest BCUT2D eigenvalue weighted by molar-refractivity contribution is -0.116. The number of nitrogens with zero attached hydrogens (tertiary/aromatic N) is 3. The van der Waals surface area contributed by atoms with Crippen LogP contribution in [0.25, 0.3) is 17.3 Å². The Morgan fingerprint density at radius 3 is 2.75 bits per heavy atom. The van der Waals surface area contributed by atoms with E-state index in [-0.39, 0.29) is 5.91 Å². The summed E-state index contributed by atoms with van der Waals surface area (Å²) in [6, 6.07) is 14.1. The molecular weight excluding hydrogens is 348 g/mol. The summed E-state index contributed by atoms with van der Waals surface area (Å²) < 4.78 is 1.90. The first-order valence-corrected chi connectivity index (χ1v) is 9.74. The molecule has 3 rings (SSSR count). The van der Waals surface area contributed by atoms with Gasteiger partial charge in [-0.15, -0.1) is 0 Å². The molecule has 0 aliphatic rings. The maximum absolute atomic E-state index is 12.1. The molecule has 0 aliphatic carbocycles. The monoisotopic (exact) mass is 374 g/mol. The molecule has 1 amide bonds. The van der Waals surface area contributed by atoms with Crippen molar-refractivity contribution in [1.82, 2.24) is 20.1 Å². The van der Waals surface area contributed by atoms with Crippen molar-refractivity contribution in [3.8, 4) is 11.3 Å². The first kappa shape index (κ1) is 19.5. The molecule has 2 heterocycles. The number of amides is 1. The van der Waals surface area contributed by atoms with Gasteiger partial charge in [0, 0.05) is 42.3 Å². The van der Waals surface area contributed by atoms with Crippen molar-refractivity contribution < 1.29 is 4.79 Å². The topological polar surface area (TPSA) is 59.8 Å². The average Bonchev–Trinajstić information content (AvgIpc) is 3.14. The van der Waals surface area contributed by atoms with Crippen LogP contribution in [0.5, 0.6) is 0 Å². The molecule has 2 aromatic heterocycles. The van der Waals surface area contributed by atoms with Gasteiger partial charge in [-0.25, -0.2) is 0 Å². The second kappa shape index (κ2) is 10.2. The van der Waals surface area contributed by atoms with Crippen LogP contribution >= 0.6 is 0 Å². The predicted octanol–water partition coefficient (Wildman–Crippen LogP) is 4.31. The van der Waals surface area contributed by atoms with Crippen molar-refractivity contribution in [3.05, 3.63) is 78.3 Å². The number of pyridine rings is 1. The third kappa shape index (κ3) is 5.64. The normalized spacial score (nSPS) is 11.0. The first-order valence-electron chi connectivity index (χ1n) is 9.74. The molecule has 0 saturated heterocycles. The minimum absolute atomic E-state index is 0.0796. The van der Waals surface area contributed by atoms with Crippen molar-refractivity contribution in [2.24, 2.45) is 0 Å². The third-order valence-electron chi connectivity index (χ3n) is 4.41. The zero-order valence-corrected chi connectivity index (χ0v) is 16.2. The van der Waals surface area contributed by atoms with E-state index < -0.39 is 0 Å². The van der Waals surface area contributed by atoms with Gasteiger partial charge in [0.25, 0.3) is 0 Å². The van der Waals surface area contributed by atoms with Crippen LogP contribution in [-0.2, 0) is 11.3 Å². The fourth-order valence-corrected chi connectivity index (χ4v) is 2.95. The highest BCUT2D eigenvalue weighted by Crippen LogP contribution is 2.23. The van der Waals surface area contributed by atoms with E-state index in [0.717, 1.165) is 36.1 Å². The molecule has 0 bridgehead atoms. The minimum atomic E-state index is -0.0796. The number of carbonyl (C=O) groups excluding carboxylic acids is 1. The highest BCUT2D eigenvalue weighted by Gasteiger charge is 2.10. The van der Waals surface area contributed by atoms with Gasteiger partial charge in [-0.3, -0.25) is 14.5 Å². The molecule has 5 nitrogen and oxygen atoms in total. The zero-order chi connectivity index (χ0) is 19.6. The molecule has 28 heavy (non-hydrogen) atoms. The molecule has 5 heteroatoms. The fraction of sp³-hybridized carbons (Fsp3) is 0.261. The van der Waals surface area contributed by atoms with E-state index >= 15 is 0 Å². The van der Waals surface area contributed by atoms with Gasteiger partial charge < -0.3 is 5.32 Å². The summed E-state index contributed by atoms with van der Waals surface area (Å²) in [5, 5.41) is 7.66. The molecule has 0 atom stereocenters. The van der Waals surface area contributed by atoms with Crippen LogP contribution < -0.4 is 5.32 Å². The van der Waals surface area contributed by atoms with Gasteiger partial charge in [-0.2, -0.15) is 5.10 Å². The van der Waals surface area contributed by atoms with Crippen LogP contribution in [0.15, 0.2) is 67.1 Å².